The highest BCUT2D eigenvalue weighted by atomic mass is 32.1. The highest BCUT2D eigenvalue weighted by Crippen LogP contribution is 2.27. The lowest BCUT2D eigenvalue weighted by atomic mass is 10.2. The summed E-state index contributed by atoms with van der Waals surface area (Å²) in [6.45, 7) is 2.71. The van der Waals surface area contributed by atoms with Gasteiger partial charge in [0.05, 0.1) is 6.61 Å². The number of hydrogen-bond acceptors (Lipinski definition) is 3. The summed E-state index contributed by atoms with van der Waals surface area (Å²) < 4.78 is 5.36. The Kier molecular flexibility index (Phi) is 3.74. The molecule has 0 saturated carbocycles. The Morgan fingerprint density at radius 2 is 2.06 bits per heavy atom. The van der Waals surface area contributed by atoms with Crippen LogP contribution in [-0.2, 0) is 11.3 Å². The lowest BCUT2D eigenvalue weighted by Crippen LogP contribution is -2.28. The molecule has 94 valence electrons. The van der Waals surface area contributed by atoms with Crippen molar-refractivity contribution >= 4 is 11.3 Å². The average Bonchev–Trinajstić information content (AvgIpc) is 3.09. The third-order valence-corrected chi connectivity index (χ3v) is 4.35. The first-order valence-electron chi connectivity index (χ1n) is 6.37. The molecule has 1 saturated heterocycles. The zero-order valence-corrected chi connectivity index (χ0v) is 11.1. The van der Waals surface area contributed by atoms with Gasteiger partial charge in [-0.25, -0.2) is 0 Å². The molecule has 0 spiro atoms. The quantitative estimate of drug-likeness (QED) is 0.909. The van der Waals surface area contributed by atoms with Crippen LogP contribution in [0.5, 0.6) is 0 Å². The number of rotatable bonds is 4. The average molecular weight is 259 g/mol. The standard InChI is InChI=1S/C15H17NOS/c1-2-4-12(5-3-1)15-7-6-14(18-15)10-16-13-8-9-17-11-13/h1-7,13,16H,8-11H2. The molecule has 0 aliphatic carbocycles. The van der Waals surface area contributed by atoms with Crippen molar-refractivity contribution in [3.8, 4) is 10.4 Å². The van der Waals surface area contributed by atoms with E-state index in [0.717, 1.165) is 26.2 Å². The third-order valence-electron chi connectivity index (χ3n) is 3.21. The summed E-state index contributed by atoms with van der Waals surface area (Å²) in [5.74, 6) is 0. The molecule has 0 bridgehead atoms. The molecule has 1 fully saturated rings. The fourth-order valence-corrected chi connectivity index (χ4v) is 3.13. The zero-order valence-electron chi connectivity index (χ0n) is 10.3. The van der Waals surface area contributed by atoms with Crippen molar-refractivity contribution in [1.29, 1.82) is 0 Å². The maximum atomic E-state index is 5.36. The van der Waals surface area contributed by atoms with Crippen LogP contribution in [0, 0.1) is 0 Å². The number of benzene rings is 1. The fraction of sp³-hybridized carbons (Fsp3) is 0.333. The predicted molar refractivity (Wildman–Crippen MR) is 75.8 cm³/mol. The SMILES string of the molecule is c1ccc(-c2ccc(CNC3CCOC3)s2)cc1. The predicted octanol–water partition coefficient (Wildman–Crippen LogP) is 3.29. The first kappa shape index (κ1) is 11.9. The van der Waals surface area contributed by atoms with Gasteiger partial charge in [0.15, 0.2) is 0 Å². The Bertz CT molecular complexity index is 488. The van der Waals surface area contributed by atoms with Gasteiger partial charge in [0.2, 0.25) is 0 Å². The van der Waals surface area contributed by atoms with Crippen LogP contribution in [0.15, 0.2) is 42.5 Å². The second kappa shape index (κ2) is 5.65. The maximum Gasteiger partial charge on any atom is 0.0620 e. The van der Waals surface area contributed by atoms with Crippen molar-refractivity contribution in [2.75, 3.05) is 13.2 Å². The van der Waals surface area contributed by atoms with Gasteiger partial charge in [0, 0.05) is 28.9 Å². The second-order valence-electron chi connectivity index (χ2n) is 4.57. The van der Waals surface area contributed by atoms with Gasteiger partial charge in [0.1, 0.15) is 0 Å². The van der Waals surface area contributed by atoms with Crippen molar-refractivity contribution in [2.45, 2.75) is 19.0 Å². The lowest BCUT2D eigenvalue weighted by molar-refractivity contribution is 0.190. The molecule has 1 aromatic heterocycles. The molecule has 1 N–H and O–H groups in total. The van der Waals surface area contributed by atoms with E-state index in [2.05, 4.69) is 47.8 Å². The van der Waals surface area contributed by atoms with E-state index in [0.29, 0.717) is 6.04 Å². The summed E-state index contributed by atoms with van der Waals surface area (Å²) in [5, 5.41) is 3.55. The number of ether oxygens (including phenoxy) is 1. The van der Waals surface area contributed by atoms with Crippen LogP contribution in [0.2, 0.25) is 0 Å². The minimum atomic E-state index is 0.535. The molecule has 3 rings (SSSR count). The van der Waals surface area contributed by atoms with Crippen molar-refractivity contribution in [3.05, 3.63) is 47.3 Å². The molecular formula is C15H17NOS. The summed E-state index contributed by atoms with van der Waals surface area (Å²) in [5.41, 5.74) is 1.30. The summed E-state index contributed by atoms with van der Waals surface area (Å²) in [6, 6.07) is 15.5. The molecule has 0 radical (unpaired) electrons. The summed E-state index contributed by atoms with van der Waals surface area (Å²) in [6.07, 6.45) is 1.14. The van der Waals surface area contributed by atoms with Crippen LogP contribution in [-0.4, -0.2) is 19.3 Å². The van der Waals surface area contributed by atoms with Crippen LogP contribution in [0.4, 0.5) is 0 Å². The zero-order chi connectivity index (χ0) is 12.2. The van der Waals surface area contributed by atoms with Crippen LogP contribution < -0.4 is 5.32 Å². The first-order chi connectivity index (χ1) is 8.92. The van der Waals surface area contributed by atoms with E-state index in [1.165, 1.54) is 15.3 Å². The van der Waals surface area contributed by atoms with Gasteiger partial charge in [-0.3, -0.25) is 0 Å². The number of thiophene rings is 1. The van der Waals surface area contributed by atoms with Crippen molar-refractivity contribution in [1.82, 2.24) is 5.32 Å². The molecule has 2 heterocycles. The molecule has 1 aromatic carbocycles. The summed E-state index contributed by atoms with van der Waals surface area (Å²) in [4.78, 5) is 2.73. The van der Waals surface area contributed by atoms with Gasteiger partial charge < -0.3 is 10.1 Å². The molecule has 0 amide bonds. The van der Waals surface area contributed by atoms with E-state index in [1.807, 2.05) is 11.3 Å². The van der Waals surface area contributed by atoms with Crippen molar-refractivity contribution in [2.24, 2.45) is 0 Å². The molecule has 18 heavy (non-hydrogen) atoms. The molecule has 1 aliphatic rings. The Morgan fingerprint density at radius 3 is 2.83 bits per heavy atom. The smallest absolute Gasteiger partial charge is 0.0620 e. The molecule has 1 unspecified atom stereocenters. The largest absolute Gasteiger partial charge is 0.380 e. The minimum absolute atomic E-state index is 0.535. The van der Waals surface area contributed by atoms with Gasteiger partial charge in [-0.05, 0) is 24.1 Å². The van der Waals surface area contributed by atoms with Crippen LogP contribution in [0.25, 0.3) is 10.4 Å². The van der Waals surface area contributed by atoms with Gasteiger partial charge in [0.25, 0.3) is 0 Å². The Balaban J connectivity index is 1.63. The van der Waals surface area contributed by atoms with E-state index < -0.39 is 0 Å². The van der Waals surface area contributed by atoms with E-state index in [-0.39, 0.29) is 0 Å². The Morgan fingerprint density at radius 1 is 1.17 bits per heavy atom. The Hall–Kier alpha value is -1.16. The van der Waals surface area contributed by atoms with E-state index in [4.69, 9.17) is 4.74 Å². The highest BCUT2D eigenvalue weighted by Gasteiger charge is 2.14. The molecule has 1 aliphatic heterocycles. The maximum absolute atomic E-state index is 5.36. The normalized spacial score (nSPS) is 19.2. The van der Waals surface area contributed by atoms with Gasteiger partial charge in [-0.2, -0.15) is 0 Å². The molecule has 2 aromatic rings. The minimum Gasteiger partial charge on any atom is -0.380 e. The molecule has 1 atom stereocenters. The van der Waals surface area contributed by atoms with Gasteiger partial charge in [-0.15, -0.1) is 11.3 Å². The van der Waals surface area contributed by atoms with Crippen LogP contribution in [0.1, 0.15) is 11.3 Å². The molecule has 2 nitrogen and oxygen atoms in total. The monoisotopic (exact) mass is 259 g/mol. The number of nitrogens with one attached hydrogen (secondary N) is 1. The van der Waals surface area contributed by atoms with Crippen molar-refractivity contribution < 1.29 is 4.74 Å². The number of hydrogen-bond donors (Lipinski definition) is 1. The fourth-order valence-electron chi connectivity index (χ4n) is 2.17. The van der Waals surface area contributed by atoms with E-state index in [1.54, 1.807) is 0 Å². The second-order valence-corrected chi connectivity index (χ2v) is 5.74. The van der Waals surface area contributed by atoms with E-state index >= 15 is 0 Å². The highest BCUT2D eigenvalue weighted by molar-refractivity contribution is 7.15. The molecular weight excluding hydrogens is 242 g/mol. The van der Waals surface area contributed by atoms with Crippen molar-refractivity contribution in [3.63, 3.8) is 0 Å². The lowest BCUT2D eigenvalue weighted by Gasteiger charge is -2.08. The summed E-state index contributed by atoms with van der Waals surface area (Å²) >= 11 is 1.87. The van der Waals surface area contributed by atoms with Gasteiger partial charge >= 0.3 is 0 Å². The summed E-state index contributed by atoms with van der Waals surface area (Å²) in [7, 11) is 0. The molecule has 3 heteroatoms. The van der Waals surface area contributed by atoms with Crippen LogP contribution in [0.3, 0.4) is 0 Å². The third kappa shape index (κ3) is 2.80. The topological polar surface area (TPSA) is 21.3 Å². The first-order valence-corrected chi connectivity index (χ1v) is 7.19. The van der Waals surface area contributed by atoms with Crippen LogP contribution >= 0.6 is 11.3 Å². The van der Waals surface area contributed by atoms with Gasteiger partial charge in [-0.1, -0.05) is 30.3 Å². The Labute approximate surface area is 112 Å². The van der Waals surface area contributed by atoms with E-state index in [9.17, 15) is 0 Å².